The largest absolute Gasteiger partial charge is 0.398 e. The Hall–Kier alpha value is -1.02. The predicted octanol–water partition coefficient (Wildman–Crippen LogP) is 1.70. The van der Waals surface area contributed by atoms with Crippen LogP contribution in [0.25, 0.3) is 0 Å². The van der Waals surface area contributed by atoms with Gasteiger partial charge in [0.25, 0.3) is 0 Å². The van der Waals surface area contributed by atoms with E-state index < -0.39 is 0 Å². The van der Waals surface area contributed by atoms with Crippen LogP contribution in [0.1, 0.15) is 41.1 Å². The normalized spacial score (nSPS) is 23.6. The fourth-order valence-corrected chi connectivity index (χ4v) is 2.91. The number of aryl methyl sites for hydroxylation is 1. The second-order valence-corrected chi connectivity index (χ2v) is 4.49. The Bertz CT molecular complexity index is 396. The van der Waals surface area contributed by atoms with Crippen LogP contribution in [0.2, 0.25) is 0 Å². The van der Waals surface area contributed by atoms with Gasteiger partial charge in [0.2, 0.25) is 0 Å². The molecule has 0 bridgehead atoms. The molecule has 2 heteroatoms. The van der Waals surface area contributed by atoms with Crippen molar-refractivity contribution in [1.82, 2.24) is 0 Å². The van der Waals surface area contributed by atoms with Crippen molar-refractivity contribution >= 4 is 5.69 Å². The highest BCUT2D eigenvalue weighted by molar-refractivity contribution is 5.63. The first-order chi connectivity index (χ1) is 6.77. The Morgan fingerprint density at radius 1 is 1.14 bits per heavy atom. The number of nitrogens with two attached hydrogens (primary N) is 2. The van der Waals surface area contributed by atoms with Gasteiger partial charge in [0.1, 0.15) is 0 Å². The lowest BCUT2D eigenvalue weighted by molar-refractivity contribution is 0.712. The topological polar surface area (TPSA) is 52.0 Å². The van der Waals surface area contributed by atoms with E-state index in [0.29, 0.717) is 0 Å². The quantitative estimate of drug-likeness (QED) is 0.609. The highest BCUT2D eigenvalue weighted by Crippen LogP contribution is 2.39. The number of rotatable bonds is 0. The van der Waals surface area contributed by atoms with Crippen LogP contribution >= 0.6 is 0 Å². The van der Waals surface area contributed by atoms with E-state index in [0.717, 1.165) is 18.5 Å². The molecular weight excluding hydrogens is 172 g/mol. The molecule has 0 radical (unpaired) electrons. The summed E-state index contributed by atoms with van der Waals surface area (Å²) < 4.78 is 0. The Balaban J connectivity index is 2.24. The van der Waals surface area contributed by atoms with Crippen molar-refractivity contribution < 1.29 is 0 Å². The maximum atomic E-state index is 6.19. The molecule has 0 amide bonds. The van der Waals surface area contributed by atoms with Gasteiger partial charge in [-0.05, 0) is 54.4 Å². The molecule has 2 nitrogen and oxygen atoms in total. The molecule has 74 valence electrons. The van der Waals surface area contributed by atoms with Crippen LogP contribution in [0.4, 0.5) is 5.69 Å². The summed E-state index contributed by atoms with van der Waals surface area (Å²) in [6.45, 7) is 0. The predicted molar refractivity (Wildman–Crippen MR) is 58.1 cm³/mol. The molecule has 3 rings (SSSR count). The highest BCUT2D eigenvalue weighted by atomic mass is 14.7. The van der Waals surface area contributed by atoms with Crippen molar-refractivity contribution in [2.24, 2.45) is 5.73 Å². The van der Waals surface area contributed by atoms with Gasteiger partial charge in [-0.2, -0.15) is 0 Å². The summed E-state index contributed by atoms with van der Waals surface area (Å²) in [6.07, 6.45) is 5.78. The number of hydrogen-bond donors (Lipinski definition) is 2. The van der Waals surface area contributed by atoms with Crippen molar-refractivity contribution in [3.8, 4) is 0 Å². The number of nitrogen functional groups attached to an aromatic ring is 1. The fourth-order valence-electron chi connectivity index (χ4n) is 2.91. The smallest absolute Gasteiger partial charge is 0.0385 e. The molecule has 0 heterocycles. The summed E-state index contributed by atoms with van der Waals surface area (Å²) in [7, 11) is 0. The first-order valence-electron chi connectivity index (χ1n) is 5.46. The first-order valence-corrected chi connectivity index (χ1v) is 5.46. The van der Waals surface area contributed by atoms with Crippen molar-refractivity contribution in [1.29, 1.82) is 0 Å². The zero-order valence-corrected chi connectivity index (χ0v) is 8.34. The second-order valence-electron chi connectivity index (χ2n) is 4.49. The Morgan fingerprint density at radius 2 is 2.00 bits per heavy atom. The van der Waals surface area contributed by atoms with Gasteiger partial charge in [0.05, 0.1) is 0 Å². The van der Waals surface area contributed by atoms with E-state index in [1.165, 1.54) is 41.5 Å². The number of anilines is 1. The van der Waals surface area contributed by atoms with Crippen LogP contribution in [0.15, 0.2) is 6.07 Å². The lowest BCUT2D eigenvalue weighted by Gasteiger charge is -2.12. The Kier molecular flexibility index (Phi) is 1.62. The van der Waals surface area contributed by atoms with Crippen LogP contribution in [-0.4, -0.2) is 0 Å². The maximum absolute atomic E-state index is 6.19. The van der Waals surface area contributed by atoms with Gasteiger partial charge < -0.3 is 11.5 Å². The van der Waals surface area contributed by atoms with Crippen LogP contribution in [0.5, 0.6) is 0 Å². The van der Waals surface area contributed by atoms with Crippen LogP contribution in [0, 0.1) is 0 Å². The number of fused-ring (bicyclic) bond motifs is 2. The van der Waals surface area contributed by atoms with Crippen LogP contribution < -0.4 is 11.5 Å². The molecule has 0 fully saturated rings. The van der Waals surface area contributed by atoms with E-state index in [4.69, 9.17) is 11.5 Å². The van der Waals surface area contributed by atoms with Gasteiger partial charge in [-0.1, -0.05) is 6.07 Å². The van der Waals surface area contributed by atoms with E-state index in [9.17, 15) is 0 Å². The first kappa shape index (κ1) is 8.30. The summed E-state index contributed by atoms with van der Waals surface area (Å²) >= 11 is 0. The standard InChI is InChI=1S/C12H16N2/c13-11-5-4-9-10(11)6-7-2-1-3-8(7)12(9)14/h6,11H,1-5,13-14H2. The molecule has 1 unspecified atom stereocenters. The molecule has 0 aliphatic heterocycles. The van der Waals surface area contributed by atoms with Gasteiger partial charge in [-0.15, -0.1) is 0 Å². The maximum Gasteiger partial charge on any atom is 0.0385 e. The minimum absolute atomic E-state index is 0.234. The van der Waals surface area contributed by atoms with E-state index in [1.54, 1.807) is 0 Å². The molecule has 1 atom stereocenters. The molecule has 4 N–H and O–H groups in total. The summed E-state index contributed by atoms with van der Waals surface area (Å²) in [5, 5.41) is 0. The Labute approximate surface area is 84.3 Å². The lowest BCUT2D eigenvalue weighted by Crippen LogP contribution is -2.07. The van der Waals surface area contributed by atoms with Gasteiger partial charge in [0.15, 0.2) is 0 Å². The average molecular weight is 188 g/mol. The summed E-state index contributed by atoms with van der Waals surface area (Å²) in [4.78, 5) is 0. The lowest BCUT2D eigenvalue weighted by atomic mass is 9.98. The van der Waals surface area contributed by atoms with Crippen molar-refractivity contribution in [3.05, 3.63) is 28.3 Å². The molecule has 0 saturated carbocycles. The highest BCUT2D eigenvalue weighted by Gasteiger charge is 2.26. The third-order valence-corrected chi connectivity index (χ3v) is 3.69. The van der Waals surface area contributed by atoms with E-state index in [-0.39, 0.29) is 6.04 Å². The molecule has 0 aromatic heterocycles. The van der Waals surface area contributed by atoms with Crippen molar-refractivity contribution in [3.63, 3.8) is 0 Å². The van der Waals surface area contributed by atoms with Gasteiger partial charge in [-0.25, -0.2) is 0 Å². The molecule has 0 spiro atoms. The molecule has 14 heavy (non-hydrogen) atoms. The molecular formula is C12H16N2. The molecule has 1 aromatic rings. The number of benzene rings is 1. The summed E-state index contributed by atoms with van der Waals surface area (Å²) in [5.41, 5.74) is 18.8. The molecule has 2 aliphatic carbocycles. The minimum atomic E-state index is 0.234. The fraction of sp³-hybridized carbons (Fsp3) is 0.500. The van der Waals surface area contributed by atoms with Gasteiger partial charge in [-0.3, -0.25) is 0 Å². The average Bonchev–Trinajstić information content (AvgIpc) is 2.75. The zero-order valence-electron chi connectivity index (χ0n) is 8.34. The van der Waals surface area contributed by atoms with E-state index in [2.05, 4.69) is 6.07 Å². The number of hydrogen-bond acceptors (Lipinski definition) is 2. The van der Waals surface area contributed by atoms with Gasteiger partial charge >= 0.3 is 0 Å². The van der Waals surface area contributed by atoms with Gasteiger partial charge in [0, 0.05) is 11.7 Å². The Morgan fingerprint density at radius 3 is 2.86 bits per heavy atom. The summed E-state index contributed by atoms with van der Waals surface area (Å²) in [5.74, 6) is 0. The molecule has 2 aliphatic rings. The third-order valence-electron chi connectivity index (χ3n) is 3.69. The SMILES string of the molecule is Nc1c2c(cc3c1CCC3N)CCC2. The zero-order chi connectivity index (χ0) is 9.71. The third kappa shape index (κ3) is 0.947. The monoisotopic (exact) mass is 188 g/mol. The second kappa shape index (κ2) is 2.74. The minimum Gasteiger partial charge on any atom is -0.398 e. The summed E-state index contributed by atoms with van der Waals surface area (Å²) in [6, 6.07) is 2.55. The van der Waals surface area contributed by atoms with Crippen LogP contribution in [-0.2, 0) is 19.3 Å². The van der Waals surface area contributed by atoms with Crippen molar-refractivity contribution in [2.45, 2.75) is 38.1 Å². The molecule has 0 saturated heterocycles. The van der Waals surface area contributed by atoms with E-state index >= 15 is 0 Å². The van der Waals surface area contributed by atoms with E-state index in [1.807, 2.05) is 0 Å². The molecule has 1 aromatic carbocycles. The van der Waals surface area contributed by atoms with Crippen molar-refractivity contribution in [2.75, 3.05) is 5.73 Å². The van der Waals surface area contributed by atoms with Crippen LogP contribution in [0.3, 0.4) is 0 Å².